The molecule has 4 rings (SSSR count). The smallest absolute Gasteiger partial charge is 0.261 e. The fraction of sp³-hybridized carbons (Fsp3) is 0.409. The van der Waals surface area contributed by atoms with Gasteiger partial charge >= 0.3 is 0 Å². The van der Waals surface area contributed by atoms with Crippen LogP contribution < -0.4 is 4.90 Å². The molecule has 6 heteroatoms. The Morgan fingerprint density at radius 3 is 2.68 bits per heavy atom. The maximum atomic E-state index is 13.1. The van der Waals surface area contributed by atoms with Crippen LogP contribution in [0.5, 0.6) is 0 Å². The van der Waals surface area contributed by atoms with E-state index in [4.69, 9.17) is 0 Å². The molecule has 0 unspecified atom stereocenters. The fourth-order valence-corrected chi connectivity index (χ4v) is 4.86. The van der Waals surface area contributed by atoms with Crippen LogP contribution in [0.1, 0.15) is 54.3 Å². The predicted molar refractivity (Wildman–Crippen MR) is 111 cm³/mol. The minimum Gasteiger partial charge on any atom is -0.339 e. The molecule has 0 bridgehead atoms. The number of hydrogen-bond donors (Lipinski definition) is 0. The number of piperidine rings is 1. The Bertz CT molecular complexity index is 920. The van der Waals surface area contributed by atoms with Crippen LogP contribution in [0.15, 0.2) is 46.5 Å². The minimum absolute atomic E-state index is 0.00291. The van der Waals surface area contributed by atoms with Crippen molar-refractivity contribution in [1.29, 1.82) is 0 Å². The first-order valence-electron chi connectivity index (χ1n) is 9.85. The van der Waals surface area contributed by atoms with Gasteiger partial charge in [0.1, 0.15) is 5.03 Å². The van der Waals surface area contributed by atoms with E-state index in [9.17, 15) is 9.59 Å². The van der Waals surface area contributed by atoms with Crippen molar-refractivity contribution in [3.8, 4) is 0 Å². The zero-order valence-electron chi connectivity index (χ0n) is 16.5. The van der Waals surface area contributed by atoms with Crippen LogP contribution in [-0.4, -0.2) is 40.8 Å². The first-order valence-corrected chi connectivity index (χ1v) is 10.7. The second kappa shape index (κ2) is 7.59. The monoisotopic (exact) mass is 395 g/mol. The molecule has 0 N–H and O–H groups in total. The third-order valence-corrected chi connectivity index (χ3v) is 6.55. The van der Waals surface area contributed by atoms with Crippen LogP contribution in [0, 0.1) is 5.92 Å². The SMILES string of the molecule is CC1CCN(C(=O)c2ccc3c(c2)Sc2ncccc2C(=O)N3C(C)C)CC1. The molecule has 0 radical (unpaired) electrons. The summed E-state index contributed by atoms with van der Waals surface area (Å²) >= 11 is 1.46. The van der Waals surface area contributed by atoms with E-state index >= 15 is 0 Å². The summed E-state index contributed by atoms with van der Waals surface area (Å²) in [6, 6.07) is 9.30. The molecule has 2 amide bonds. The first-order chi connectivity index (χ1) is 13.5. The number of rotatable bonds is 2. The fourth-order valence-electron chi connectivity index (χ4n) is 3.81. The summed E-state index contributed by atoms with van der Waals surface area (Å²) in [7, 11) is 0. The van der Waals surface area contributed by atoms with Gasteiger partial charge in [0.2, 0.25) is 0 Å². The lowest BCUT2D eigenvalue weighted by Gasteiger charge is -2.31. The molecule has 0 spiro atoms. The quantitative estimate of drug-likeness (QED) is 0.753. The van der Waals surface area contributed by atoms with Crippen molar-refractivity contribution in [3.63, 3.8) is 0 Å². The van der Waals surface area contributed by atoms with Gasteiger partial charge in [0.25, 0.3) is 11.8 Å². The van der Waals surface area contributed by atoms with Gasteiger partial charge in [-0.1, -0.05) is 18.7 Å². The number of carbonyl (C=O) groups is 2. The molecule has 2 aromatic rings. The van der Waals surface area contributed by atoms with Crippen LogP contribution in [0.2, 0.25) is 0 Å². The lowest BCUT2D eigenvalue weighted by molar-refractivity contribution is 0.0697. The number of aromatic nitrogens is 1. The Balaban J connectivity index is 1.73. The molecule has 146 valence electrons. The van der Waals surface area contributed by atoms with Crippen LogP contribution in [0.4, 0.5) is 5.69 Å². The van der Waals surface area contributed by atoms with Crippen LogP contribution in [0.3, 0.4) is 0 Å². The number of hydrogen-bond acceptors (Lipinski definition) is 4. The number of likely N-dealkylation sites (tertiary alicyclic amines) is 1. The number of benzene rings is 1. The molecule has 1 saturated heterocycles. The summed E-state index contributed by atoms with van der Waals surface area (Å²) < 4.78 is 0. The Morgan fingerprint density at radius 1 is 1.21 bits per heavy atom. The molecule has 3 heterocycles. The molecule has 5 nitrogen and oxygen atoms in total. The van der Waals surface area contributed by atoms with E-state index in [0.717, 1.165) is 36.5 Å². The van der Waals surface area contributed by atoms with Gasteiger partial charge in [-0.3, -0.25) is 9.59 Å². The maximum absolute atomic E-state index is 13.1. The van der Waals surface area contributed by atoms with Crippen LogP contribution in [0.25, 0.3) is 0 Å². The van der Waals surface area contributed by atoms with Gasteiger partial charge in [0, 0.05) is 35.8 Å². The average molecular weight is 396 g/mol. The van der Waals surface area contributed by atoms with Crippen molar-refractivity contribution >= 4 is 29.3 Å². The Labute approximate surface area is 170 Å². The Morgan fingerprint density at radius 2 is 1.96 bits per heavy atom. The van der Waals surface area contributed by atoms with E-state index in [0.29, 0.717) is 22.1 Å². The zero-order chi connectivity index (χ0) is 19.8. The normalized spacial score (nSPS) is 17.4. The lowest BCUT2D eigenvalue weighted by atomic mass is 9.98. The van der Waals surface area contributed by atoms with Gasteiger partial charge in [-0.05, 0) is 62.9 Å². The van der Waals surface area contributed by atoms with E-state index in [1.54, 1.807) is 17.2 Å². The summed E-state index contributed by atoms with van der Waals surface area (Å²) in [5, 5.41) is 0.688. The third-order valence-electron chi connectivity index (χ3n) is 5.48. The topological polar surface area (TPSA) is 53.5 Å². The average Bonchev–Trinajstić information content (AvgIpc) is 2.81. The van der Waals surface area contributed by atoms with Crippen molar-refractivity contribution in [2.75, 3.05) is 18.0 Å². The standard InChI is InChI=1S/C22H25N3O2S/c1-14(2)25-18-7-6-16(21(26)24-11-8-15(3)9-12-24)13-19(18)28-20-17(22(25)27)5-4-10-23-20/h4-7,10,13-15H,8-9,11-12H2,1-3H3. The Hall–Kier alpha value is -2.34. The lowest BCUT2D eigenvalue weighted by Crippen LogP contribution is -2.38. The zero-order valence-corrected chi connectivity index (χ0v) is 17.3. The number of anilines is 1. The molecule has 1 fully saturated rings. The molecular weight excluding hydrogens is 370 g/mol. The molecule has 0 saturated carbocycles. The van der Waals surface area contributed by atoms with Crippen molar-refractivity contribution in [2.45, 2.75) is 49.6 Å². The van der Waals surface area contributed by atoms with Gasteiger partial charge in [0.05, 0.1) is 11.3 Å². The van der Waals surface area contributed by atoms with E-state index in [-0.39, 0.29) is 17.9 Å². The number of nitrogens with zero attached hydrogens (tertiary/aromatic N) is 3. The number of fused-ring (bicyclic) bond motifs is 2. The molecule has 0 aliphatic carbocycles. The Kier molecular flexibility index (Phi) is 5.15. The summed E-state index contributed by atoms with van der Waals surface area (Å²) in [6.45, 7) is 7.86. The highest BCUT2D eigenvalue weighted by molar-refractivity contribution is 7.99. The van der Waals surface area contributed by atoms with Gasteiger partial charge < -0.3 is 9.80 Å². The van der Waals surface area contributed by atoms with E-state index in [1.807, 2.05) is 43.0 Å². The highest BCUT2D eigenvalue weighted by Crippen LogP contribution is 2.41. The van der Waals surface area contributed by atoms with Crippen LogP contribution >= 0.6 is 11.8 Å². The molecule has 2 aliphatic heterocycles. The third kappa shape index (κ3) is 3.41. The van der Waals surface area contributed by atoms with E-state index in [1.165, 1.54) is 11.8 Å². The highest BCUT2D eigenvalue weighted by atomic mass is 32.2. The van der Waals surface area contributed by atoms with Gasteiger partial charge in [0.15, 0.2) is 0 Å². The molecular formula is C22H25N3O2S. The second-order valence-corrected chi connectivity index (χ2v) is 8.91. The number of pyridine rings is 1. The number of carbonyl (C=O) groups excluding carboxylic acids is 2. The largest absolute Gasteiger partial charge is 0.339 e. The van der Waals surface area contributed by atoms with Crippen molar-refractivity contribution in [1.82, 2.24) is 9.88 Å². The van der Waals surface area contributed by atoms with Gasteiger partial charge in [-0.25, -0.2) is 4.98 Å². The summed E-state index contributed by atoms with van der Waals surface area (Å²) in [4.78, 5) is 35.2. The van der Waals surface area contributed by atoms with Gasteiger partial charge in [-0.15, -0.1) is 0 Å². The predicted octanol–water partition coefficient (Wildman–Crippen LogP) is 4.47. The molecule has 0 atom stereocenters. The van der Waals surface area contributed by atoms with Crippen molar-refractivity contribution < 1.29 is 9.59 Å². The number of amides is 2. The van der Waals surface area contributed by atoms with Crippen LogP contribution in [-0.2, 0) is 0 Å². The highest BCUT2D eigenvalue weighted by Gasteiger charge is 2.31. The molecule has 1 aromatic heterocycles. The van der Waals surface area contributed by atoms with E-state index in [2.05, 4.69) is 11.9 Å². The van der Waals surface area contributed by atoms with E-state index < -0.39 is 0 Å². The van der Waals surface area contributed by atoms with Crippen molar-refractivity contribution in [3.05, 3.63) is 47.7 Å². The minimum atomic E-state index is -0.0477. The maximum Gasteiger partial charge on any atom is 0.261 e. The summed E-state index contributed by atoms with van der Waals surface area (Å²) in [5.74, 6) is 0.705. The van der Waals surface area contributed by atoms with Crippen molar-refractivity contribution in [2.24, 2.45) is 5.92 Å². The molecule has 2 aliphatic rings. The molecule has 28 heavy (non-hydrogen) atoms. The van der Waals surface area contributed by atoms with Gasteiger partial charge in [-0.2, -0.15) is 0 Å². The summed E-state index contributed by atoms with van der Waals surface area (Å²) in [5.41, 5.74) is 2.12. The summed E-state index contributed by atoms with van der Waals surface area (Å²) in [6.07, 6.45) is 3.81. The second-order valence-electron chi connectivity index (χ2n) is 7.88. The molecule has 1 aromatic carbocycles. The first kappa shape index (κ1) is 19.0.